The predicted molar refractivity (Wildman–Crippen MR) is 272 cm³/mol. The Kier molecular flexibility index (Phi) is 11.9. The highest BCUT2D eigenvalue weighted by Gasteiger charge is 2.39. The molecule has 0 aliphatic carbocycles. The van der Waals surface area contributed by atoms with E-state index in [1.54, 1.807) is 0 Å². The lowest BCUT2D eigenvalue weighted by atomic mass is 9.63. The van der Waals surface area contributed by atoms with E-state index < -0.39 is 0 Å². The normalized spacial score (nSPS) is 11.7. The van der Waals surface area contributed by atoms with E-state index in [9.17, 15) is 0 Å². The molecule has 0 N–H and O–H groups in total. The van der Waals surface area contributed by atoms with Crippen LogP contribution in [0.3, 0.4) is 0 Å². The third-order valence-electron chi connectivity index (χ3n) is 14.0. The summed E-state index contributed by atoms with van der Waals surface area (Å²) in [4.78, 5) is 2.35. The van der Waals surface area contributed by atoms with Gasteiger partial charge in [0.1, 0.15) is 0 Å². The van der Waals surface area contributed by atoms with Crippen LogP contribution in [0.15, 0.2) is 218 Å². The van der Waals surface area contributed by atoms with Gasteiger partial charge in [0.05, 0.1) is 0 Å². The van der Waals surface area contributed by atoms with Crippen LogP contribution in [-0.4, -0.2) is 0 Å². The molecule has 9 aromatic rings. The molecule has 1 heteroatoms. The number of rotatable bonds is 14. The van der Waals surface area contributed by atoms with Crippen LogP contribution in [0, 0.1) is 0 Å². The van der Waals surface area contributed by atoms with Crippen LogP contribution in [0.1, 0.15) is 92.3 Å². The van der Waals surface area contributed by atoms with E-state index in [1.165, 1.54) is 66.1 Å². The summed E-state index contributed by atoms with van der Waals surface area (Å²) in [5.74, 6) is 0. The predicted octanol–water partition coefficient (Wildman–Crippen LogP) is 17.3. The first kappa shape index (κ1) is 41.4. The quantitative estimate of drug-likeness (QED) is 0.0781. The highest BCUT2D eigenvalue weighted by Crippen LogP contribution is 2.52. The minimum atomic E-state index is -0.217. The summed E-state index contributed by atoms with van der Waals surface area (Å²) in [5, 5.41) is 5.43. The zero-order valence-electron chi connectivity index (χ0n) is 37.1. The molecule has 0 fully saturated rings. The second-order valence-electron chi connectivity index (χ2n) is 16.9. The summed E-state index contributed by atoms with van der Waals surface area (Å²) in [6.45, 7) is 9.54. The second-order valence-corrected chi connectivity index (χ2v) is 16.9. The van der Waals surface area contributed by atoms with Gasteiger partial charge in [-0.3, -0.25) is 0 Å². The smallest absolute Gasteiger partial charge is 0.0461 e. The Labute approximate surface area is 375 Å². The van der Waals surface area contributed by atoms with Crippen LogP contribution in [0.4, 0.5) is 17.1 Å². The van der Waals surface area contributed by atoms with Crippen molar-refractivity contribution < 1.29 is 0 Å². The van der Waals surface area contributed by atoms with E-state index >= 15 is 0 Å². The molecule has 0 aliphatic rings. The third-order valence-corrected chi connectivity index (χ3v) is 14.0. The van der Waals surface area contributed by atoms with Gasteiger partial charge < -0.3 is 4.90 Å². The van der Waals surface area contributed by atoms with Crippen molar-refractivity contribution in [1.29, 1.82) is 0 Å². The molecule has 0 saturated heterocycles. The number of anilines is 3. The van der Waals surface area contributed by atoms with E-state index in [-0.39, 0.29) is 10.8 Å². The van der Waals surface area contributed by atoms with Crippen LogP contribution >= 0.6 is 0 Å². The molecule has 0 bridgehead atoms. The Morgan fingerprint density at radius 3 is 1.00 bits per heavy atom. The largest absolute Gasteiger partial charge is 0.311 e. The molecule has 310 valence electrons. The highest BCUT2D eigenvalue weighted by atomic mass is 15.1. The van der Waals surface area contributed by atoms with Crippen molar-refractivity contribution in [3.63, 3.8) is 0 Å². The zero-order chi connectivity index (χ0) is 43.2. The van der Waals surface area contributed by atoms with E-state index in [0.29, 0.717) is 0 Å². The van der Waals surface area contributed by atoms with Crippen LogP contribution in [0.5, 0.6) is 0 Å². The van der Waals surface area contributed by atoms with Gasteiger partial charge in [0.25, 0.3) is 0 Å². The summed E-state index contributed by atoms with van der Waals surface area (Å²) < 4.78 is 0. The first-order valence-corrected chi connectivity index (χ1v) is 22.9. The number of hydrogen-bond acceptors (Lipinski definition) is 1. The molecule has 0 unspecified atom stereocenters. The van der Waals surface area contributed by atoms with Crippen molar-refractivity contribution >= 4 is 50.3 Å². The monoisotopic (exact) mass is 815 g/mol. The van der Waals surface area contributed by atoms with Gasteiger partial charge in [-0.2, -0.15) is 0 Å². The number of nitrogens with zero attached hydrogens (tertiary/aromatic N) is 1. The third kappa shape index (κ3) is 7.57. The fourth-order valence-corrected chi connectivity index (χ4v) is 10.6. The average molecular weight is 816 g/mol. The molecule has 0 aromatic heterocycles. The molecule has 0 aliphatic heterocycles. The van der Waals surface area contributed by atoms with Crippen molar-refractivity contribution in [1.82, 2.24) is 0 Å². The summed E-state index contributed by atoms with van der Waals surface area (Å²) in [7, 11) is 0. The minimum Gasteiger partial charge on any atom is -0.311 e. The number of para-hydroxylation sites is 2. The van der Waals surface area contributed by atoms with Gasteiger partial charge in [-0.05, 0) is 134 Å². The fraction of sp³-hybridized carbons (Fsp3) is 0.161. The number of fused-ring (bicyclic) bond motifs is 2. The molecule has 0 spiro atoms. The average Bonchev–Trinajstić information content (AvgIpc) is 3.36. The van der Waals surface area contributed by atoms with Crippen molar-refractivity contribution in [2.75, 3.05) is 4.90 Å². The Balaban J connectivity index is 1.19. The molecule has 9 aromatic carbocycles. The first-order chi connectivity index (χ1) is 31.0. The molecular weight excluding hydrogens is 759 g/mol. The summed E-state index contributed by atoms with van der Waals surface area (Å²) in [6.07, 6.45) is 6.27. The van der Waals surface area contributed by atoms with Gasteiger partial charge in [-0.15, -0.1) is 0 Å². The fourth-order valence-electron chi connectivity index (χ4n) is 10.6. The SMILES string of the molecule is CCC(CC)(c1ccc(C=C(c2ccccc2)c2ccccc2)cc1)c1c2ccccc2c(C(CC)(CC)c2ccc(N(c3ccccc3)c3ccccc3)cc2)c2ccccc12. The first-order valence-electron chi connectivity index (χ1n) is 22.9. The maximum Gasteiger partial charge on any atom is 0.0461 e. The standard InChI is InChI=1S/C62H57N/c1-5-61(6-2,49-39-37-46(38-40-49)45-58(47-25-13-9-14-26-47)48-27-15-10-16-28-48)59-54-33-21-23-35-56(54)60(57-36-24-22-34-55(57)59)62(7-3,8-4)50-41-43-53(44-42-50)63(51-29-17-11-18-30-51)52-31-19-12-20-32-52/h9-45H,5-8H2,1-4H3. The Morgan fingerprint density at radius 1 is 0.349 bits per heavy atom. The molecule has 0 heterocycles. The van der Waals surface area contributed by atoms with Crippen molar-refractivity contribution in [2.45, 2.75) is 64.2 Å². The molecule has 0 amide bonds. The Bertz CT molecular complexity index is 2800. The van der Waals surface area contributed by atoms with E-state index in [1.807, 2.05) is 0 Å². The number of hydrogen-bond donors (Lipinski definition) is 0. The van der Waals surface area contributed by atoms with Gasteiger partial charge in [-0.1, -0.05) is 210 Å². The second kappa shape index (κ2) is 18.2. The van der Waals surface area contributed by atoms with Gasteiger partial charge in [0.15, 0.2) is 0 Å². The molecule has 0 radical (unpaired) electrons. The summed E-state index contributed by atoms with van der Waals surface area (Å²) in [6, 6.07) is 80.4. The molecule has 0 atom stereocenters. The molecule has 9 rings (SSSR count). The van der Waals surface area contributed by atoms with Gasteiger partial charge in [0, 0.05) is 27.9 Å². The Morgan fingerprint density at radius 2 is 0.651 bits per heavy atom. The maximum absolute atomic E-state index is 2.40. The summed E-state index contributed by atoms with van der Waals surface area (Å²) in [5.41, 5.74) is 13.5. The lowest BCUT2D eigenvalue weighted by Crippen LogP contribution is -2.30. The molecule has 63 heavy (non-hydrogen) atoms. The summed E-state index contributed by atoms with van der Waals surface area (Å²) >= 11 is 0. The van der Waals surface area contributed by atoms with Gasteiger partial charge in [0.2, 0.25) is 0 Å². The van der Waals surface area contributed by atoms with Crippen molar-refractivity contribution in [3.05, 3.63) is 257 Å². The van der Waals surface area contributed by atoms with Crippen LogP contribution < -0.4 is 4.90 Å². The van der Waals surface area contributed by atoms with E-state index in [2.05, 4.69) is 257 Å². The van der Waals surface area contributed by atoms with Crippen molar-refractivity contribution in [2.24, 2.45) is 0 Å². The number of benzene rings is 9. The van der Waals surface area contributed by atoms with E-state index in [0.717, 1.165) is 42.7 Å². The van der Waals surface area contributed by atoms with E-state index in [4.69, 9.17) is 0 Å². The lowest BCUT2D eigenvalue weighted by molar-refractivity contribution is 0.480. The maximum atomic E-state index is 2.40. The van der Waals surface area contributed by atoms with Gasteiger partial charge >= 0.3 is 0 Å². The molecular formula is C62H57N. The van der Waals surface area contributed by atoms with Crippen LogP contribution in [0.2, 0.25) is 0 Å². The zero-order valence-corrected chi connectivity index (χ0v) is 37.1. The highest BCUT2D eigenvalue weighted by molar-refractivity contribution is 6.08. The lowest BCUT2D eigenvalue weighted by Gasteiger charge is -2.40. The molecule has 0 saturated carbocycles. The van der Waals surface area contributed by atoms with Gasteiger partial charge in [-0.25, -0.2) is 0 Å². The van der Waals surface area contributed by atoms with Crippen molar-refractivity contribution in [3.8, 4) is 0 Å². The van der Waals surface area contributed by atoms with Crippen LogP contribution in [0.25, 0.3) is 33.2 Å². The topological polar surface area (TPSA) is 3.24 Å². The minimum absolute atomic E-state index is 0.206. The molecule has 1 nitrogen and oxygen atoms in total. The van der Waals surface area contributed by atoms with Crippen LogP contribution in [-0.2, 0) is 10.8 Å². The Hall–Kier alpha value is -6.96.